The first-order chi connectivity index (χ1) is 6.67. The lowest BCUT2D eigenvalue weighted by Crippen LogP contribution is -2.15. The summed E-state index contributed by atoms with van der Waals surface area (Å²) in [5.41, 5.74) is 6.64. The molecule has 0 aromatic carbocycles. The normalized spacial score (nSPS) is 12.5. The fourth-order valence-corrected chi connectivity index (χ4v) is 1.12. The van der Waals surface area contributed by atoms with Crippen LogP contribution in [0.5, 0.6) is 0 Å². The number of hydrogen-bond donors (Lipinski definition) is 1. The van der Waals surface area contributed by atoms with E-state index in [1.54, 1.807) is 10.9 Å². The lowest BCUT2D eigenvalue weighted by molar-refractivity contribution is -0.141. The zero-order valence-electron chi connectivity index (χ0n) is 8.43. The van der Waals surface area contributed by atoms with E-state index >= 15 is 0 Å². The zero-order chi connectivity index (χ0) is 10.6. The molecule has 0 saturated heterocycles. The number of ether oxygens (including phenoxy) is 1. The maximum atomic E-state index is 10.9. The maximum absolute atomic E-state index is 10.9. The van der Waals surface area contributed by atoms with Gasteiger partial charge in [0.25, 0.3) is 0 Å². The fourth-order valence-electron chi connectivity index (χ4n) is 1.12. The minimum atomic E-state index is -0.331. The van der Waals surface area contributed by atoms with Gasteiger partial charge < -0.3 is 10.5 Å². The number of nitrogens with zero attached hydrogens (tertiary/aromatic N) is 2. The van der Waals surface area contributed by atoms with Crippen molar-refractivity contribution < 1.29 is 9.53 Å². The number of hydrogen-bond acceptors (Lipinski definition) is 4. The van der Waals surface area contributed by atoms with E-state index in [2.05, 4.69) is 9.84 Å². The van der Waals surface area contributed by atoms with Crippen molar-refractivity contribution in [3.8, 4) is 0 Å². The highest BCUT2D eigenvalue weighted by Gasteiger charge is 2.13. The largest absolute Gasteiger partial charge is 0.469 e. The van der Waals surface area contributed by atoms with E-state index in [0.717, 1.165) is 12.1 Å². The molecule has 1 aromatic heterocycles. The Morgan fingerprint density at radius 3 is 3.00 bits per heavy atom. The number of rotatable bonds is 4. The second-order valence-corrected chi connectivity index (χ2v) is 3.02. The molecular formula is C9H15N3O2. The van der Waals surface area contributed by atoms with Gasteiger partial charge in [-0.1, -0.05) is 0 Å². The summed E-state index contributed by atoms with van der Waals surface area (Å²) < 4.78 is 6.30. The number of aryl methyl sites for hydroxylation is 1. The Balaban J connectivity index is 2.60. The van der Waals surface area contributed by atoms with E-state index in [1.165, 1.54) is 7.11 Å². The molecule has 0 unspecified atom stereocenters. The summed E-state index contributed by atoms with van der Waals surface area (Å²) in [5, 5.41) is 4.07. The van der Waals surface area contributed by atoms with Crippen molar-refractivity contribution in [1.29, 1.82) is 0 Å². The second-order valence-electron chi connectivity index (χ2n) is 3.02. The van der Waals surface area contributed by atoms with Crippen molar-refractivity contribution in [2.24, 2.45) is 5.73 Å². The Bertz CT molecular complexity index is 309. The van der Waals surface area contributed by atoms with E-state index in [9.17, 15) is 4.79 Å². The predicted octanol–water partition coefficient (Wildman–Crippen LogP) is 0.466. The van der Waals surface area contributed by atoms with E-state index in [0.29, 0.717) is 0 Å². The summed E-state index contributed by atoms with van der Waals surface area (Å²) in [4.78, 5) is 10.9. The smallest absolute Gasteiger partial charge is 0.307 e. The van der Waals surface area contributed by atoms with Crippen molar-refractivity contribution in [2.75, 3.05) is 7.11 Å². The molecule has 2 N–H and O–H groups in total. The monoisotopic (exact) mass is 197 g/mol. The molecule has 0 aliphatic rings. The lowest BCUT2D eigenvalue weighted by atomic mass is 10.1. The van der Waals surface area contributed by atoms with Crippen LogP contribution in [0.25, 0.3) is 0 Å². The number of nitrogens with two attached hydrogens (primary N) is 1. The SMILES string of the molecule is CCn1cc([C@H](N)CC(=O)OC)cn1. The molecule has 0 spiro atoms. The zero-order valence-corrected chi connectivity index (χ0v) is 8.43. The summed E-state index contributed by atoms with van der Waals surface area (Å²) >= 11 is 0. The molecule has 1 aromatic rings. The van der Waals surface area contributed by atoms with Crippen LogP contribution in [0.3, 0.4) is 0 Å². The molecule has 0 saturated carbocycles. The van der Waals surface area contributed by atoms with Crippen LogP contribution in [0.2, 0.25) is 0 Å². The van der Waals surface area contributed by atoms with Crippen LogP contribution in [0, 0.1) is 0 Å². The molecule has 1 heterocycles. The first kappa shape index (κ1) is 10.7. The molecule has 0 radical (unpaired) electrons. The highest BCUT2D eigenvalue weighted by molar-refractivity contribution is 5.70. The highest BCUT2D eigenvalue weighted by atomic mass is 16.5. The lowest BCUT2D eigenvalue weighted by Gasteiger charge is -2.06. The molecular weight excluding hydrogens is 182 g/mol. The van der Waals surface area contributed by atoms with Crippen LogP contribution in [0.15, 0.2) is 12.4 Å². The third-order valence-corrected chi connectivity index (χ3v) is 2.02. The third-order valence-electron chi connectivity index (χ3n) is 2.02. The summed E-state index contributed by atoms with van der Waals surface area (Å²) in [6, 6.07) is -0.331. The van der Waals surface area contributed by atoms with Crippen LogP contribution in [-0.2, 0) is 16.1 Å². The number of methoxy groups -OCH3 is 1. The Labute approximate surface area is 82.8 Å². The van der Waals surface area contributed by atoms with Gasteiger partial charge in [-0.25, -0.2) is 0 Å². The second kappa shape index (κ2) is 4.76. The minimum Gasteiger partial charge on any atom is -0.469 e. The van der Waals surface area contributed by atoms with Crippen molar-refractivity contribution in [3.05, 3.63) is 18.0 Å². The summed E-state index contributed by atoms with van der Waals surface area (Å²) in [7, 11) is 1.35. The molecule has 0 bridgehead atoms. The number of carbonyl (C=O) groups is 1. The third kappa shape index (κ3) is 2.56. The van der Waals surface area contributed by atoms with Crippen LogP contribution in [0.4, 0.5) is 0 Å². The topological polar surface area (TPSA) is 70.1 Å². The Kier molecular flexibility index (Phi) is 3.64. The Morgan fingerprint density at radius 1 is 1.79 bits per heavy atom. The molecule has 0 fully saturated rings. The molecule has 0 aliphatic carbocycles. The molecule has 14 heavy (non-hydrogen) atoms. The maximum Gasteiger partial charge on any atom is 0.307 e. The van der Waals surface area contributed by atoms with Gasteiger partial charge >= 0.3 is 5.97 Å². The fraction of sp³-hybridized carbons (Fsp3) is 0.556. The van der Waals surface area contributed by atoms with Crippen molar-refractivity contribution >= 4 is 5.97 Å². The Hall–Kier alpha value is -1.36. The van der Waals surface area contributed by atoms with Crippen LogP contribution in [0.1, 0.15) is 24.9 Å². The number of aromatic nitrogens is 2. The van der Waals surface area contributed by atoms with Gasteiger partial charge in [-0.2, -0.15) is 5.10 Å². The van der Waals surface area contributed by atoms with Gasteiger partial charge in [-0.05, 0) is 6.92 Å². The summed E-state index contributed by atoms with van der Waals surface area (Å²) in [6.07, 6.45) is 3.70. The minimum absolute atomic E-state index is 0.186. The first-order valence-corrected chi connectivity index (χ1v) is 4.52. The Morgan fingerprint density at radius 2 is 2.50 bits per heavy atom. The quantitative estimate of drug-likeness (QED) is 0.712. The van der Waals surface area contributed by atoms with E-state index in [-0.39, 0.29) is 18.4 Å². The van der Waals surface area contributed by atoms with Gasteiger partial charge in [0, 0.05) is 24.3 Å². The van der Waals surface area contributed by atoms with Gasteiger partial charge in [-0.15, -0.1) is 0 Å². The molecule has 78 valence electrons. The van der Waals surface area contributed by atoms with Crippen LogP contribution < -0.4 is 5.73 Å². The summed E-state index contributed by atoms with van der Waals surface area (Å²) in [5.74, 6) is -0.304. The van der Waals surface area contributed by atoms with Gasteiger partial charge in [0.1, 0.15) is 0 Å². The van der Waals surface area contributed by atoms with Gasteiger partial charge in [-0.3, -0.25) is 9.48 Å². The standard InChI is InChI=1S/C9H15N3O2/c1-3-12-6-7(5-11-12)8(10)4-9(13)14-2/h5-6,8H,3-4,10H2,1-2H3/t8-/m1/s1. The first-order valence-electron chi connectivity index (χ1n) is 4.52. The van der Waals surface area contributed by atoms with Crippen LogP contribution in [-0.4, -0.2) is 22.9 Å². The number of carbonyl (C=O) groups excluding carboxylic acids is 1. The van der Waals surface area contributed by atoms with E-state index in [1.807, 2.05) is 13.1 Å². The average Bonchev–Trinajstić information content (AvgIpc) is 2.65. The van der Waals surface area contributed by atoms with Crippen molar-refractivity contribution in [3.63, 3.8) is 0 Å². The molecule has 0 aliphatic heterocycles. The molecule has 1 atom stereocenters. The number of esters is 1. The summed E-state index contributed by atoms with van der Waals surface area (Å²) in [6.45, 7) is 2.79. The van der Waals surface area contributed by atoms with Gasteiger partial charge in [0.15, 0.2) is 0 Å². The van der Waals surface area contributed by atoms with Crippen LogP contribution >= 0.6 is 0 Å². The predicted molar refractivity (Wildman–Crippen MR) is 51.5 cm³/mol. The van der Waals surface area contributed by atoms with Crippen molar-refractivity contribution in [2.45, 2.75) is 25.9 Å². The molecule has 0 amide bonds. The van der Waals surface area contributed by atoms with E-state index < -0.39 is 0 Å². The van der Waals surface area contributed by atoms with E-state index in [4.69, 9.17) is 5.73 Å². The molecule has 5 nitrogen and oxygen atoms in total. The molecule has 5 heteroatoms. The molecule has 1 rings (SSSR count). The van der Waals surface area contributed by atoms with Gasteiger partial charge in [0.2, 0.25) is 0 Å². The van der Waals surface area contributed by atoms with Gasteiger partial charge in [0.05, 0.1) is 19.7 Å². The highest BCUT2D eigenvalue weighted by Crippen LogP contribution is 2.13. The van der Waals surface area contributed by atoms with Crippen molar-refractivity contribution in [1.82, 2.24) is 9.78 Å². The average molecular weight is 197 g/mol.